The first-order chi connectivity index (χ1) is 8.27. The van der Waals surface area contributed by atoms with Crippen LogP contribution in [0.1, 0.15) is 45.1 Å². The molecule has 1 unspecified atom stereocenters. The standard InChI is InChI=1S/C15H25NO/c1-4-6-7-12-15(17-5-2)16-14-11-9-8-10-13(14)3/h8-11,15-16H,4-7,12H2,1-3H3. The number of hydrogen-bond acceptors (Lipinski definition) is 2. The summed E-state index contributed by atoms with van der Waals surface area (Å²) in [6.45, 7) is 7.16. The molecule has 2 heteroatoms. The Bertz CT molecular complexity index is 312. The first-order valence-corrected chi connectivity index (χ1v) is 6.71. The number of unbranched alkanes of at least 4 members (excludes halogenated alkanes) is 2. The van der Waals surface area contributed by atoms with Gasteiger partial charge in [-0.1, -0.05) is 38.0 Å². The summed E-state index contributed by atoms with van der Waals surface area (Å²) in [6.07, 6.45) is 4.98. The monoisotopic (exact) mass is 235 g/mol. The van der Waals surface area contributed by atoms with E-state index < -0.39 is 0 Å². The quantitative estimate of drug-likeness (QED) is 0.534. The third-order valence-electron chi connectivity index (χ3n) is 2.90. The molecule has 0 aliphatic rings. The molecule has 0 amide bonds. The highest BCUT2D eigenvalue weighted by Gasteiger charge is 2.08. The molecule has 0 aliphatic heterocycles. The molecule has 17 heavy (non-hydrogen) atoms. The Labute approximate surface area is 105 Å². The fourth-order valence-electron chi connectivity index (χ4n) is 1.89. The summed E-state index contributed by atoms with van der Waals surface area (Å²) in [5.74, 6) is 0. The van der Waals surface area contributed by atoms with Gasteiger partial charge in [-0.25, -0.2) is 0 Å². The van der Waals surface area contributed by atoms with Crippen molar-refractivity contribution in [1.82, 2.24) is 0 Å². The molecular weight excluding hydrogens is 210 g/mol. The number of anilines is 1. The Morgan fingerprint density at radius 3 is 2.59 bits per heavy atom. The second-order valence-corrected chi connectivity index (χ2v) is 4.40. The highest BCUT2D eigenvalue weighted by atomic mass is 16.5. The van der Waals surface area contributed by atoms with Crippen LogP contribution in [0.3, 0.4) is 0 Å². The highest BCUT2D eigenvalue weighted by molar-refractivity contribution is 5.50. The van der Waals surface area contributed by atoms with Gasteiger partial charge in [-0.2, -0.15) is 0 Å². The van der Waals surface area contributed by atoms with Crippen molar-refractivity contribution in [2.24, 2.45) is 0 Å². The van der Waals surface area contributed by atoms with E-state index in [1.54, 1.807) is 0 Å². The number of benzene rings is 1. The summed E-state index contributed by atoms with van der Waals surface area (Å²) in [7, 11) is 0. The minimum absolute atomic E-state index is 0.146. The smallest absolute Gasteiger partial charge is 0.127 e. The Morgan fingerprint density at radius 2 is 1.94 bits per heavy atom. The van der Waals surface area contributed by atoms with E-state index in [-0.39, 0.29) is 6.23 Å². The second-order valence-electron chi connectivity index (χ2n) is 4.40. The number of para-hydroxylation sites is 1. The maximum atomic E-state index is 5.74. The molecule has 1 atom stereocenters. The first-order valence-electron chi connectivity index (χ1n) is 6.71. The maximum Gasteiger partial charge on any atom is 0.127 e. The van der Waals surface area contributed by atoms with E-state index in [1.165, 1.54) is 30.5 Å². The van der Waals surface area contributed by atoms with Crippen LogP contribution in [-0.4, -0.2) is 12.8 Å². The topological polar surface area (TPSA) is 21.3 Å². The predicted octanol–water partition coefficient (Wildman–Crippen LogP) is 4.35. The van der Waals surface area contributed by atoms with Crippen LogP contribution in [-0.2, 0) is 4.74 Å². The molecule has 0 saturated carbocycles. The molecule has 0 bridgehead atoms. The molecule has 1 aromatic carbocycles. The number of ether oxygens (including phenoxy) is 1. The van der Waals surface area contributed by atoms with Crippen molar-refractivity contribution in [3.8, 4) is 0 Å². The number of hydrogen-bond donors (Lipinski definition) is 1. The van der Waals surface area contributed by atoms with Crippen molar-refractivity contribution in [3.63, 3.8) is 0 Å². The molecule has 1 N–H and O–H groups in total. The van der Waals surface area contributed by atoms with Gasteiger partial charge in [-0.3, -0.25) is 0 Å². The average Bonchev–Trinajstić information content (AvgIpc) is 2.32. The zero-order valence-electron chi connectivity index (χ0n) is 11.3. The van der Waals surface area contributed by atoms with Gasteiger partial charge in [0.2, 0.25) is 0 Å². The van der Waals surface area contributed by atoms with Gasteiger partial charge in [0.1, 0.15) is 6.23 Å². The molecule has 0 heterocycles. The van der Waals surface area contributed by atoms with Crippen LogP contribution in [0.5, 0.6) is 0 Å². The van der Waals surface area contributed by atoms with Crippen molar-refractivity contribution >= 4 is 5.69 Å². The Kier molecular flexibility index (Phi) is 6.71. The van der Waals surface area contributed by atoms with E-state index in [0.29, 0.717) is 0 Å². The molecule has 1 rings (SSSR count). The van der Waals surface area contributed by atoms with Gasteiger partial charge in [0.05, 0.1) is 0 Å². The first kappa shape index (κ1) is 14.0. The normalized spacial score (nSPS) is 12.4. The van der Waals surface area contributed by atoms with Crippen molar-refractivity contribution in [2.45, 2.75) is 52.7 Å². The SMILES string of the molecule is CCCCCC(Nc1ccccc1C)OCC. The number of aryl methyl sites for hydroxylation is 1. The van der Waals surface area contributed by atoms with Crippen LogP contribution in [0.2, 0.25) is 0 Å². The number of nitrogens with one attached hydrogen (secondary N) is 1. The summed E-state index contributed by atoms with van der Waals surface area (Å²) >= 11 is 0. The molecule has 0 aliphatic carbocycles. The summed E-state index contributed by atoms with van der Waals surface area (Å²) in [4.78, 5) is 0. The third-order valence-corrected chi connectivity index (χ3v) is 2.90. The fraction of sp³-hybridized carbons (Fsp3) is 0.600. The lowest BCUT2D eigenvalue weighted by atomic mass is 10.1. The molecule has 0 spiro atoms. The fourth-order valence-corrected chi connectivity index (χ4v) is 1.89. The van der Waals surface area contributed by atoms with Gasteiger partial charge in [0.15, 0.2) is 0 Å². The molecule has 0 fully saturated rings. The van der Waals surface area contributed by atoms with Gasteiger partial charge >= 0.3 is 0 Å². The van der Waals surface area contributed by atoms with Gasteiger partial charge < -0.3 is 10.1 Å². The molecular formula is C15H25NO. The van der Waals surface area contributed by atoms with Crippen molar-refractivity contribution in [3.05, 3.63) is 29.8 Å². The zero-order chi connectivity index (χ0) is 12.5. The average molecular weight is 235 g/mol. The minimum Gasteiger partial charge on any atom is -0.360 e. The molecule has 0 radical (unpaired) electrons. The van der Waals surface area contributed by atoms with Crippen LogP contribution in [0.25, 0.3) is 0 Å². The molecule has 0 aromatic heterocycles. The maximum absolute atomic E-state index is 5.74. The number of rotatable bonds is 8. The van der Waals surface area contributed by atoms with Crippen LogP contribution in [0.4, 0.5) is 5.69 Å². The molecule has 0 saturated heterocycles. The van der Waals surface area contributed by atoms with E-state index in [2.05, 4.69) is 43.4 Å². The summed E-state index contributed by atoms with van der Waals surface area (Å²) in [6, 6.07) is 8.36. The third kappa shape index (κ3) is 5.22. The Balaban J connectivity index is 2.50. The van der Waals surface area contributed by atoms with Crippen molar-refractivity contribution in [1.29, 1.82) is 0 Å². The summed E-state index contributed by atoms with van der Waals surface area (Å²) in [5.41, 5.74) is 2.45. The largest absolute Gasteiger partial charge is 0.360 e. The van der Waals surface area contributed by atoms with Crippen LogP contribution < -0.4 is 5.32 Å². The zero-order valence-corrected chi connectivity index (χ0v) is 11.3. The van der Waals surface area contributed by atoms with Gasteiger partial charge in [-0.05, 0) is 38.3 Å². The minimum atomic E-state index is 0.146. The van der Waals surface area contributed by atoms with Gasteiger partial charge in [-0.15, -0.1) is 0 Å². The lowest BCUT2D eigenvalue weighted by Gasteiger charge is -2.21. The predicted molar refractivity (Wildman–Crippen MR) is 74.4 cm³/mol. The van der Waals surface area contributed by atoms with Gasteiger partial charge in [0.25, 0.3) is 0 Å². The Morgan fingerprint density at radius 1 is 1.18 bits per heavy atom. The van der Waals surface area contributed by atoms with Gasteiger partial charge in [0, 0.05) is 12.3 Å². The van der Waals surface area contributed by atoms with E-state index >= 15 is 0 Å². The van der Waals surface area contributed by atoms with E-state index in [9.17, 15) is 0 Å². The van der Waals surface area contributed by atoms with Crippen molar-refractivity contribution < 1.29 is 4.74 Å². The second kappa shape index (κ2) is 8.13. The lowest BCUT2D eigenvalue weighted by molar-refractivity contribution is 0.0748. The summed E-state index contributed by atoms with van der Waals surface area (Å²) in [5, 5.41) is 3.48. The summed E-state index contributed by atoms with van der Waals surface area (Å²) < 4.78 is 5.74. The lowest BCUT2D eigenvalue weighted by Crippen LogP contribution is -2.23. The van der Waals surface area contributed by atoms with E-state index in [1.807, 2.05) is 6.92 Å². The van der Waals surface area contributed by atoms with Crippen LogP contribution in [0, 0.1) is 6.92 Å². The van der Waals surface area contributed by atoms with E-state index in [4.69, 9.17) is 4.74 Å². The highest BCUT2D eigenvalue weighted by Crippen LogP contribution is 2.17. The van der Waals surface area contributed by atoms with Crippen molar-refractivity contribution in [2.75, 3.05) is 11.9 Å². The Hall–Kier alpha value is -1.02. The molecule has 1 aromatic rings. The molecule has 2 nitrogen and oxygen atoms in total. The van der Waals surface area contributed by atoms with Crippen LogP contribution >= 0.6 is 0 Å². The van der Waals surface area contributed by atoms with E-state index in [0.717, 1.165) is 13.0 Å². The van der Waals surface area contributed by atoms with Crippen LogP contribution in [0.15, 0.2) is 24.3 Å². The molecule has 96 valence electrons.